The van der Waals surface area contributed by atoms with Crippen LogP contribution in [0.15, 0.2) is 23.1 Å². The van der Waals surface area contributed by atoms with Crippen molar-refractivity contribution < 1.29 is 15.0 Å². The molecular formula is C19H24ClN3O4. The molecule has 1 unspecified atom stereocenters. The molecule has 1 aliphatic rings. The first-order valence-electron chi connectivity index (χ1n) is 8.36. The summed E-state index contributed by atoms with van der Waals surface area (Å²) in [4.78, 5) is 27.1. The molecule has 146 valence electrons. The van der Waals surface area contributed by atoms with Crippen molar-refractivity contribution in [2.75, 3.05) is 27.2 Å². The third-order valence-electron chi connectivity index (χ3n) is 4.70. The summed E-state index contributed by atoms with van der Waals surface area (Å²) in [6.45, 7) is 2.88. The number of likely N-dealkylation sites (N-methyl/N-ethyl adjacent to an activating group) is 1. The van der Waals surface area contributed by atoms with E-state index in [1.807, 2.05) is 30.5 Å². The van der Waals surface area contributed by atoms with Crippen LogP contribution in [0, 0.1) is 11.3 Å². The molecule has 2 heterocycles. The van der Waals surface area contributed by atoms with Crippen molar-refractivity contribution in [2.24, 2.45) is 0 Å². The van der Waals surface area contributed by atoms with Crippen LogP contribution in [0.4, 0.5) is 0 Å². The lowest BCUT2D eigenvalue weighted by Crippen LogP contribution is -2.27. The molecule has 0 spiro atoms. The van der Waals surface area contributed by atoms with Crippen LogP contribution in [0.25, 0.3) is 10.9 Å². The van der Waals surface area contributed by atoms with Gasteiger partial charge in [0.05, 0.1) is 17.1 Å². The number of rotatable bonds is 4. The molecule has 0 amide bonds. The van der Waals surface area contributed by atoms with Gasteiger partial charge in [0.15, 0.2) is 0 Å². The Morgan fingerprint density at radius 2 is 2.11 bits per heavy atom. The van der Waals surface area contributed by atoms with Gasteiger partial charge in [-0.25, -0.2) is 4.79 Å². The van der Waals surface area contributed by atoms with Crippen LogP contribution in [-0.4, -0.2) is 48.2 Å². The number of halogens is 1. The van der Waals surface area contributed by atoms with E-state index in [9.17, 15) is 14.9 Å². The van der Waals surface area contributed by atoms with Crippen molar-refractivity contribution in [2.45, 2.75) is 25.8 Å². The fraction of sp³-hybridized carbons (Fsp3) is 0.421. The van der Waals surface area contributed by atoms with Gasteiger partial charge in [0, 0.05) is 24.2 Å². The van der Waals surface area contributed by atoms with Gasteiger partial charge >= 0.3 is 5.97 Å². The average molecular weight is 394 g/mol. The van der Waals surface area contributed by atoms with Crippen molar-refractivity contribution in [3.05, 3.63) is 45.2 Å². The molecule has 3 rings (SSSR count). The summed E-state index contributed by atoms with van der Waals surface area (Å²) >= 11 is 0. The summed E-state index contributed by atoms with van der Waals surface area (Å²) in [6, 6.07) is 5.66. The Balaban J connectivity index is 0.00000182. The zero-order chi connectivity index (χ0) is 18.1. The molecule has 0 saturated carbocycles. The summed E-state index contributed by atoms with van der Waals surface area (Å²) in [5, 5.41) is 9.80. The van der Waals surface area contributed by atoms with E-state index in [1.165, 1.54) is 0 Å². The third-order valence-corrected chi connectivity index (χ3v) is 4.70. The maximum atomic E-state index is 12.8. The summed E-state index contributed by atoms with van der Waals surface area (Å²) in [7, 11) is 3.78. The van der Waals surface area contributed by atoms with Gasteiger partial charge in [-0.1, -0.05) is 0 Å². The first kappa shape index (κ1) is 22.6. The minimum absolute atomic E-state index is 0. The largest absolute Gasteiger partial charge is 0.461 e. The van der Waals surface area contributed by atoms with Gasteiger partial charge in [-0.05, 0) is 51.6 Å². The number of esters is 1. The summed E-state index contributed by atoms with van der Waals surface area (Å²) in [6.07, 6.45) is 3.21. The SMILES string of the molecule is CC1CCc2c(C#N)ccc3c(=O)c(C(=O)OCCN(C)C)cn1c23.Cl.O. The minimum atomic E-state index is -0.596. The van der Waals surface area contributed by atoms with Crippen LogP contribution < -0.4 is 5.43 Å². The number of carbonyl (C=O) groups excluding carboxylic acids is 1. The highest BCUT2D eigenvalue weighted by molar-refractivity contribution is 5.95. The van der Waals surface area contributed by atoms with Crippen LogP contribution in [0.2, 0.25) is 0 Å². The minimum Gasteiger partial charge on any atom is -0.461 e. The van der Waals surface area contributed by atoms with E-state index in [0.29, 0.717) is 17.5 Å². The molecule has 0 bridgehead atoms. The number of carbonyl (C=O) groups is 1. The van der Waals surface area contributed by atoms with Crippen molar-refractivity contribution >= 4 is 29.3 Å². The van der Waals surface area contributed by atoms with E-state index in [0.717, 1.165) is 23.9 Å². The second-order valence-corrected chi connectivity index (χ2v) is 6.71. The quantitative estimate of drug-likeness (QED) is 0.734. The van der Waals surface area contributed by atoms with Crippen molar-refractivity contribution in [1.29, 1.82) is 5.26 Å². The third kappa shape index (κ3) is 4.14. The maximum Gasteiger partial charge on any atom is 0.343 e. The Kier molecular flexibility index (Phi) is 7.55. The lowest BCUT2D eigenvalue weighted by atomic mass is 9.92. The summed E-state index contributed by atoms with van der Waals surface area (Å²) in [5.41, 5.74) is 1.97. The first-order valence-corrected chi connectivity index (χ1v) is 8.36. The van der Waals surface area contributed by atoms with Gasteiger partial charge in [0.2, 0.25) is 5.43 Å². The van der Waals surface area contributed by atoms with Crippen LogP contribution in [0.3, 0.4) is 0 Å². The lowest BCUT2D eigenvalue weighted by Gasteiger charge is -2.27. The molecule has 7 nitrogen and oxygen atoms in total. The molecule has 1 aromatic carbocycles. The molecular weight excluding hydrogens is 370 g/mol. The van der Waals surface area contributed by atoms with E-state index >= 15 is 0 Å². The number of nitriles is 1. The van der Waals surface area contributed by atoms with Crippen molar-refractivity contribution in [1.82, 2.24) is 9.47 Å². The monoisotopic (exact) mass is 393 g/mol. The molecule has 0 fully saturated rings. The van der Waals surface area contributed by atoms with Crippen LogP contribution in [-0.2, 0) is 11.2 Å². The highest BCUT2D eigenvalue weighted by Crippen LogP contribution is 2.31. The van der Waals surface area contributed by atoms with E-state index in [-0.39, 0.29) is 41.5 Å². The Hall–Kier alpha value is -2.40. The number of benzene rings is 1. The summed E-state index contributed by atoms with van der Waals surface area (Å²) < 4.78 is 7.19. The molecule has 0 saturated heterocycles. The number of pyridine rings is 1. The van der Waals surface area contributed by atoms with Gasteiger partial charge in [-0.15, -0.1) is 12.4 Å². The van der Waals surface area contributed by atoms with Crippen LogP contribution >= 0.6 is 12.4 Å². The molecule has 27 heavy (non-hydrogen) atoms. The molecule has 0 aliphatic carbocycles. The average Bonchev–Trinajstić information content (AvgIpc) is 2.58. The number of aryl methyl sites for hydroxylation is 1. The van der Waals surface area contributed by atoms with Gasteiger partial charge in [-0.2, -0.15) is 5.26 Å². The van der Waals surface area contributed by atoms with E-state index in [4.69, 9.17) is 4.74 Å². The lowest BCUT2D eigenvalue weighted by molar-refractivity contribution is 0.0479. The van der Waals surface area contributed by atoms with Gasteiger partial charge in [-0.3, -0.25) is 4.79 Å². The van der Waals surface area contributed by atoms with Crippen molar-refractivity contribution in [3.63, 3.8) is 0 Å². The predicted octanol–water partition coefficient (Wildman–Crippen LogP) is 1.70. The first-order chi connectivity index (χ1) is 11.9. The fourth-order valence-corrected chi connectivity index (χ4v) is 3.26. The van der Waals surface area contributed by atoms with Gasteiger partial charge in [0.25, 0.3) is 0 Å². The van der Waals surface area contributed by atoms with Gasteiger partial charge in [0.1, 0.15) is 12.2 Å². The number of ether oxygens (including phenoxy) is 1. The number of nitrogens with zero attached hydrogens (tertiary/aromatic N) is 3. The number of aromatic nitrogens is 1. The highest BCUT2D eigenvalue weighted by atomic mass is 35.5. The molecule has 2 aromatic rings. The smallest absolute Gasteiger partial charge is 0.343 e. The highest BCUT2D eigenvalue weighted by Gasteiger charge is 2.25. The molecule has 1 atom stereocenters. The molecule has 1 aliphatic heterocycles. The summed E-state index contributed by atoms with van der Waals surface area (Å²) in [5.74, 6) is -0.596. The molecule has 1 aromatic heterocycles. The van der Waals surface area contributed by atoms with Crippen LogP contribution in [0.5, 0.6) is 0 Å². The second kappa shape index (κ2) is 9.00. The Morgan fingerprint density at radius 1 is 1.41 bits per heavy atom. The standard InChI is InChI=1S/C19H21N3O3.ClH.H2O/c1-12-4-6-14-13(10-20)5-7-15-17(14)22(12)11-16(18(15)23)19(24)25-9-8-21(2)3;;/h5,7,11-12H,4,6,8-9H2,1-3H3;1H;1H2. The number of hydrogen-bond donors (Lipinski definition) is 0. The number of hydrogen-bond acceptors (Lipinski definition) is 5. The topological polar surface area (TPSA) is 107 Å². The predicted molar refractivity (Wildman–Crippen MR) is 106 cm³/mol. The fourth-order valence-electron chi connectivity index (χ4n) is 3.26. The second-order valence-electron chi connectivity index (χ2n) is 6.71. The zero-order valence-electron chi connectivity index (χ0n) is 15.6. The Labute approximate surface area is 163 Å². The normalized spacial score (nSPS) is 14.9. The van der Waals surface area contributed by atoms with E-state index in [1.54, 1.807) is 18.3 Å². The molecule has 0 radical (unpaired) electrons. The molecule has 2 N–H and O–H groups in total. The Bertz CT molecular complexity index is 947. The van der Waals surface area contributed by atoms with E-state index < -0.39 is 5.97 Å². The maximum absolute atomic E-state index is 12.8. The Morgan fingerprint density at radius 3 is 2.74 bits per heavy atom. The van der Waals surface area contributed by atoms with E-state index in [2.05, 4.69) is 6.07 Å². The molecule has 8 heteroatoms. The van der Waals surface area contributed by atoms with Crippen molar-refractivity contribution in [3.8, 4) is 6.07 Å². The van der Waals surface area contributed by atoms with Crippen LogP contribution in [0.1, 0.15) is 40.9 Å². The van der Waals surface area contributed by atoms with Gasteiger partial charge < -0.3 is 19.7 Å². The zero-order valence-corrected chi connectivity index (χ0v) is 16.4.